The number of nitrogens with one attached hydrogen (secondary N) is 1. The van der Waals surface area contributed by atoms with Gasteiger partial charge in [0, 0.05) is 45.2 Å². The molecule has 6 nitrogen and oxygen atoms in total. The number of nitrogens with zero attached hydrogens (tertiary/aromatic N) is 2. The topological polar surface area (TPSA) is 61.9 Å². The molecule has 1 N–H and O–H groups in total. The molecule has 1 aliphatic heterocycles. The SMILES string of the molecule is CCOC(=O)N1CCN(CCC(=O)NC2CCCC2)CC1. The first-order valence-corrected chi connectivity index (χ1v) is 8.12. The van der Waals surface area contributed by atoms with Crippen molar-refractivity contribution in [2.75, 3.05) is 39.3 Å². The van der Waals surface area contributed by atoms with Gasteiger partial charge in [0.15, 0.2) is 0 Å². The van der Waals surface area contributed by atoms with Gasteiger partial charge in [-0.3, -0.25) is 9.69 Å². The zero-order chi connectivity index (χ0) is 15.1. The van der Waals surface area contributed by atoms with Crippen molar-refractivity contribution in [2.45, 2.75) is 45.1 Å². The highest BCUT2D eigenvalue weighted by Crippen LogP contribution is 2.17. The van der Waals surface area contributed by atoms with E-state index in [0.717, 1.165) is 32.5 Å². The summed E-state index contributed by atoms with van der Waals surface area (Å²) in [6, 6.07) is 0.401. The van der Waals surface area contributed by atoms with Crippen LogP contribution >= 0.6 is 0 Å². The molecule has 0 radical (unpaired) electrons. The van der Waals surface area contributed by atoms with Crippen molar-refractivity contribution < 1.29 is 14.3 Å². The first kappa shape index (κ1) is 16.1. The number of carbonyl (C=O) groups excluding carboxylic acids is 2. The minimum atomic E-state index is -0.226. The van der Waals surface area contributed by atoms with Crippen LogP contribution < -0.4 is 5.32 Å². The lowest BCUT2D eigenvalue weighted by atomic mass is 10.2. The predicted molar refractivity (Wildman–Crippen MR) is 80.1 cm³/mol. The van der Waals surface area contributed by atoms with Gasteiger partial charge in [0.2, 0.25) is 5.91 Å². The maximum atomic E-state index is 11.9. The van der Waals surface area contributed by atoms with Crippen LogP contribution in [0.4, 0.5) is 4.79 Å². The van der Waals surface area contributed by atoms with Crippen molar-refractivity contribution in [3.63, 3.8) is 0 Å². The highest BCUT2D eigenvalue weighted by atomic mass is 16.6. The van der Waals surface area contributed by atoms with Crippen molar-refractivity contribution in [3.05, 3.63) is 0 Å². The quantitative estimate of drug-likeness (QED) is 0.828. The van der Waals surface area contributed by atoms with Gasteiger partial charge in [-0.2, -0.15) is 0 Å². The van der Waals surface area contributed by atoms with Crippen LogP contribution in [-0.4, -0.2) is 67.2 Å². The van der Waals surface area contributed by atoms with Crippen LogP contribution in [0, 0.1) is 0 Å². The largest absolute Gasteiger partial charge is 0.450 e. The minimum Gasteiger partial charge on any atom is -0.450 e. The Bertz CT molecular complexity index is 348. The Morgan fingerprint density at radius 3 is 2.43 bits per heavy atom. The fraction of sp³-hybridized carbons (Fsp3) is 0.867. The fourth-order valence-electron chi connectivity index (χ4n) is 3.00. The van der Waals surface area contributed by atoms with Crippen molar-refractivity contribution in [1.29, 1.82) is 0 Å². The van der Waals surface area contributed by atoms with Gasteiger partial charge in [-0.1, -0.05) is 12.8 Å². The molecule has 2 rings (SSSR count). The lowest BCUT2D eigenvalue weighted by molar-refractivity contribution is -0.122. The standard InChI is InChI=1S/C15H27N3O3/c1-2-21-15(20)18-11-9-17(10-12-18)8-7-14(19)16-13-5-3-4-6-13/h13H,2-12H2,1H3,(H,16,19). The van der Waals surface area contributed by atoms with E-state index in [1.54, 1.807) is 4.90 Å². The van der Waals surface area contributed by atoms with Gasteiger partial charge in [-0.15, -0.1) is 0 Å². The van der Waals surface area contributed by atoms with E-state index < -0.39 is 0 Å². The molecule has 1 saturated carbocycles. The lowest BCUT2D eigenvalue weighted by Gasteiger charge is -2.33. The lowest BCUT2D eigenvalue weighted by Crippen LogP contribution is -2.49. The van der Waals surface area contributed by atoms with Crippen LogP contribution in [0.15, 0.2) is 0 Å². The second kappa shape index (κ2) is 8.22. The number of hydrogen-bond donors (Lipinski definition) is 1. The van der Waals surface area contributed by atoms with Crippen molar-refractivity contribution in [1.82, 2.24) is 15.1 Å². The molecule has 0 spiro atoms. The fourth-order valence-corrected chi connectivity index (χ4v) is 3.00. The Labute approximate surface area is 126 Å². The average Bonchev–Trinajstić information content (AvgIpc) is 2.99. The molecule has 0 bridgehead atoms. The second-order valence-electron chi connectivity index (χ2n) is 5.83. The molecule has 1 aliphatic carbocycles. The summed E-state index contributed by atoms with van der Waals surface area (Å²) in [4.78, 5) is 27.4. The van der Waals surface area contributed by atoms with E-state index in [0.29, 0.717) is 32.2 Å². The zero-order valence-corrected chi connectivity index (χ0v) is 13.0. The van der Waals surface area contributed by atoms with Crippen molar-refractivity contribution >= 4 is 12.0 Å². The van der Waals surface area contributed by atoms with Crippen LogP contribution in [0.5, 0.6) is 0 Å². The zero-order valence-electron chi connectivity index (χ0n) is 13.0. The second-order valence-corrected chi connectivity index (χ2v) is 5.83. The Balaban J connectivity index is 1.60. The van der Waals surface area contributed by atoms with Crippen LogP contribution in [0.3, 0.4) is 0 Å². The van der Waals surface area contributed by atoms with Crippen LogP contribution in [0.1, 0.15) is 39.0 Å². The molecule has 21 heavy (non-hydrogen) atoms. The van der Waals surface area contributed by atoms with E-state index >= 15 is 0 Å². The Morgan fingerprint density at radius 2 is 1.81 bits per heavy atom. The molecule has 6 heteroatoms. The molecule has 1 heterocycles. The molecule has 0 unspecified atom stereocenters. The molecule has 120 valence electrons. The highest BCUT2D eigenvalue weighted by Gasteiger charge is 2.22. The minimum absolute atomic E-state index is 0.162. The average molecular weight is 297 g/mol. The first-order chi connectivity index (χ1) is 10.2. The normalized spacial score (nSPS) is 20.5. The number of carbonyl (C=O) groups is 2. The molecule has 0 aromatic rings. The Hall–Kier alpha value is -1.30. The number of amides is 2. The molecule has 0 aromatic heterocycles. The molecule has 2 aliphatic rings. The molecule has 2 fully saturated rings. The maximum Gasteiger partial charge on any atom is 0.409 e. The Morgan fingerprint density at radius 1 is 1.14 bits per heavy atom. The molecule has 2 amide bonds. The van der Waals surface area contributed by atoms with E-state index in [-0.39, 0.29) is 12.0 Å². The smallest absolute Gasteiger partial charge is 0.409 e. The summed E-state index contributed by atoms with van der Waals surface area (Å²) in [5.41, 5.74) is 0. The summed E-state index contributed by atoms with van der Waals surface area (Å²) < 4.78 is 4.99. The van der Waals surface area contributed by atoms with E-state index in [1.807, 2.05) is 6.92 Å². The van der Waals surface area contributed by atoms with Gasteiger partial charge in [-0.25, -0.2) is 4.79 Å². The van der Waals surface area contributed by atoms with E-state index in [4.69, 9.17) is 4.74 Å². The number of ether oxygens (including phenoxy) is 1. The van der Waals surface area contributed by atoms with Gasteiger partial charge in [0.25, 0.3) is 0 Å². The summed E-state index contributed by atoms with van der Waals surface area (Å²) in [5, 5.41) is 3.11. The van der Waals surface area contributed by atoms with Crippen LogP contribution in [-0.2, 0) is 9.53 Å². The van der Waals surface area contributed by atoms with Crippen molar-refractivity contribution in [2.24, 2.45) is 0 Å². The van der Waals surface area contributed by atoms with E-state index in [1.165, 1.54) is 12.8 Å². The van der Waals surface area contributed by atoms with Crippen molar-refractivity contribution in [3.8, 4) is 0 Å². The van der Waals surface area contributed by atoms with Gasteiger partial charge < -0.3 is 15.0 Å². The molecule has 0 atom stereocenters. The van der Waals surface area contributed by atoms with Crippen LogP contribution in [0.2, 0.25) is 0 Å². The summed E-state index contributed by atoms with van der Waals surface area (Å²) >= 11 is 0. The first-order valence-electron chi connectivity index (χ1n) is 8.12. The molecule has 0 aromatic carbocycles. The summed E-state index contributed by atoms with van der Waals surface area (Å²) in [6.07, 6.45) is 5.06. The van der Waals surface area contributed by atoms with E-state index in [2.05, 4.69) is 10.2 Å². The summed E-state index contributed by atoms with van der Waals surface area (Å²) in [7, 11) is 0. The van der Waals surface area contributed by atoms with E-state index in [9.17, 15) is 9.59 Å². The number of hydrogen-bond acceptors (Lipinski definition) is 4. The third-order valence-electron chi connectivity index (χ3n) is 4.27. The third-order valence-corrected chi connectivity index (χ3v) is 4.27. The molecular weight excluding hydrogens is 270 g/mol. The number of piperazine rings is 1. The summed E-state index contributed by atoms with van der Waals surface area (Å²) in [6.45, 7) is 6.00. The monoisotopic (exact) mass is 297 g/mol. The van der Waals surface area contributed by atoms with Gasteiger partial charge >= 0.3 is 6.09 Å². The Kier molecular flexibility index (Phi) is 6.29. The van der Waals surface area contributed by atoms with Crippen LogP contribution in [0.25, 0.3) is 0 Å². The van der Waals surface area contributed by atoms with Gasteiger partial charge in [0.05, 0.1) is 6.61 Å². The third kappa shape index (κ3) is 5.19. The molecule has 1 saturated heterocycles. The predicted octanol–water partition coefficient (Wildman–Crippen LogP) is 1.21. The van der Waals surface area contributed by atoms with Gasteiger partial charge in [-0.05, 0) is 19.8 Å². The number of rotatable bonds is 5. The summed E-state index contributed by atoms with van der Waals surface area (Å²) in [5.74, 6) is 0.162. The van der Waals surface area contributed by atoms with Gasteiger partial charge in [0.1, 0.15) is 0 Å². The maximum absolute atomic E-state index is 11.9. The molecular formula is C15H27N3O3. The highest BCUT2D eigenvalue weighted by molar-refractivity contribution is 5.76.